The van der Waals surface area contributed by atoms with Gasteiger partial charge in [-0.05, 0) is 30.3 Å². The van der Waals surface area contributed by atoms with Crippen molar-refractivity contribution in [2.24, 2.45) is 0 Å². The second-order valence-corrected chi connectivity index (χ2v) is 4.52. The zero-order chi connectivity index (χ0) is 15.0. The molecule has 106 valence electrons. The van der Waals surface area contributed by atoms with Gasteiger partial charge < -0.3 is 0 Å². The molecule has 0 amide bonds. The first-order chi connectivity index (χ1) is 9.93. The van der Waals surface area contributed by atoms with Gasteiger partial charge in [0.2, 0.25) is 0 Å². The molecule has 0 saturated carbocycles. The minimum atomic E-state index is -4.46. The predicted molar refractivity (Wildman–Crippen MR) is 69.9 cm³/mol. The summed E-state index contributed by atoms with van der Waals surface area (Å²) in [5.41, 5.74) is 0.467. The summed E-state index contributed by atoms with van der Waals surface area (Å²) < 4.78 is 51.3. The van der Waals surface area contributed by atoms with Crippen LogP contribution in [0.15, 0.2) is 48.9 Å². The van der Waals surface area contributed by atoms with Crippen molar-refractivity contribution < 1.29 is 17.6 Å². The lowest BCUT2D eigenvalue weighted by Gasteiger charge is -2.08. The van der Waals surface area contributed by atoms with E-state index < -0.39 is 17.6 Å². The van der Waals surface area contributed by atoms with E-state index in [4.69, 9.17) is 0 Å². The molecule has 0 aliphatic heterocycles. The van der Waals surface area contributed by atoms with Crippen molar-refractivity contribution >= 4 is 10.9 Å². The lowest BCUT2D eigenvalue weighted by atomic mass is 10.1. The Labute approximate surface area is 117 Å². The molecule has 0 saturated heterocycles. The summed E-state index contributed by atoms with van der Waals surface area (Å²) in [7, 11) is 0. The highest BCUT2D eigenvalue weighted by atomic mass is 19.4. The fourth-order valence-corrected chi connectivity index (χ4v) is 2.01. The molecular formula is C15H8F4N2. The topological polar surface area (TPSA) is 25.8 Å². The van der Waals surface area contributed by atoms with E-state index in [9.17, 15) is 17.6 Å². The van der Waals surface area contributed by atoms with Crippen molar-refractivity contribution in [2.75, 3.05) is 0 Å². The number of halogens is 4. The number of pyridine rings is 2. The monoisotopic (exact) mass is 292 g/mol. The normalized spacial score (nSPS) is 11.8. The van der Waals surface area contributed by atoms with Crippen LogP contribution in [-0.4, -0.2) is 9.97 Å². The van der Waals surface area contributed by atoms with Gasteiger partial charge in [-0.3, -0.25) is 9.97 Å². The fraction of sp³-hybridized carbons (Fsp3) is 0.0667. The zero-order valence-corrected chi connectivity index (χ0v) is 10.5. The van der Waals surface area contributed by atoms with Crippen LogP contribution in [0.2, 0.25) is 0 Å². The summed E-state index contributed by atoms with van der Waals surface area (Å²) in [6.07, 6.45) is -0.939. The van der Waals surface area contributed by atoms with Crippen molar-refractivity contribution in [1.29, 1.82) is 0 Å². The number of rotatable bonds is 1. The van der Waals surface area contributed by atoms with E-state index in [0.29, 0.717) is 16.5 Å². The fourth-order valence-electron chi connectivity index (χ4n) is 2.01. The molecule has 0 aliphatic rings. The third-order valence-electron chi connectivity index (χ3n) is 3.04. The van der Waals surface area contributed by atoms with Crippen molar-refractivity contribution in [3.05, 3.63) is 60.3 Å². The lowest BCUT2D eigenvalue weighted by molar-refractivity contribution is -0.137. The molecular weight excluding hydrogens is 284 g/mol. The average molecular weight is 292 g/mol. The molecule has 0 N–H and O–H groups in total. The molecule has 1 aromatic carbocycles. The summed E-state index contributed by atoms with van der Waals surface area (Å²) >= 11 is 0. The second-order valence-electron chi connectivity index (χ2n) is 4.52. The Morgan fingerprint density at radius 2 is 1.62 bits per heavy atom. The van der Waals surface area contributed by atoms with Crippen LogP contribution in [0.1, 0.15) is 5.56 Å². The van der Waals surface area contributed by atoms with Crippen LogP contribution in [-0.2, 0) is 6.18 Å². The maximum absolute atomic E-state index is 13.2. The summed E-state index contributed by atoms with van der Waals surface area (Å²) in [5.74, 6) is -0.427. The second kappa shape index (κ2) is 4.80. The smallest absolute Gasteiger partial charge is 0.263 e. The largest absolute Gasteiger partial charge is 0.417 e. The van der Waals surface area contributed by atoms with Gasteiger partial charge in [-0.15, -0.1) is 0 Å². The zero-order valence-electron chi connectivity index (χ0n) is 10.5. The molecule has 0 radical (unpaired) electrons. The van der Waals surface area contributed by atoms with E-state index in [0.717, 1.165) is 12.3 Å². The highest BCUT2D eigenvalue weighted by Gasteiger charge is 2.31. The number of aromatic nitrogens is 2. The number of benzene rings is 1. The van der Waals surface area contributed by atoms with Gasteiger partial charge in [0, 0.05) is 35.1 Å². The molecule has 0 bridgehead atoms. The SMILES string of the molecule is Fc1ccc2ncc(-c3cncc(C(F)(F)F)c3)cc2c1. The summed E-state index contributed by atoms with van der Waals surface area (Å²) in [4.78, 5) is 7.72. The Morgan fingerprint density at radius 1 is 0.857 bits per heavy atom. The van der Waals surface area contributed by atoms with E-state index >= 15 is 0 Å². The molecule has 3 aromatic rings. The first kappa shape index (κ1) is 13.5. The van der Waals surface area contributed by atoms with Crippen LogP contribution in [0.3, 0.4) is 0 Å². The van der Waals surface area contributed by atoms with Crippen LogP contribution in [0.5, 0.6) is 0 Å². The molecule has 0 aliphatic carbocycles. The number of nitrogens with zero attached hydrogens (tertiary/aromatic N) is 2. The molecule has 0 spiro atoms. The summed E-state index contributed by atoms with van der Waals surface area (Å²) in [6.45, 7) is 0. The quantitative estimate of drug-likeness (QED) is 0.619. The van der Waals surface area contributed by atoms with E-state index in [1.165, 1.54) is 30.6 Å². The number of alkyl halides is 3. The van der Waals surface area contributed by atoms with Gasteiger partial charge in [-0.2, -0.15) is 13.2 Å². The Morgan fingerprint density at radius 3 is 2.38 bits per heavy atom. The van der Waals surface area contributed by atoms with Crippen LogP contribution in [0, 0.1) is 5.82 Å². The van der Waals surface area contributed by atoms with Crippen LogP contribution >= 0.6 is 0 Å². The molecule has 2 nitrogen and oxygen atoms in total. The van der Waals surface area contributed by atoms with Gasteiger partial charge in [0.05, 0.1) is 11.1 Å². The van der Waals surface area contributed by atoms with Crippen molar-refractivity contribution in [3.8, 4) is 11.1 Å². The van der Waals surface area contributed by atoms with E-state index in [1.807, 2.05) is 0 Å². The molecule has 2 heterocycles. The minimum absolute atomic E-state index is 0.281. The number of hydrogen-bond acceptors (Lipinski definition) is 2. The average Bonchev–Trinajstić information content (AvgIpc) is 2.45. The molecule has 0 fully saturated rings. The Hall–Kier alpha value is -2.50. The Kier molecular flexibility index (Phi) is 3.08. The van der Waals surface area contributed by atoms with Gasteiger partial charge in [0.25, 0.3) is 0 Å². The predicted octanol–water partition coefficient (Wildman–Crippen LogP) is 4.45. The highest BCUT2D eigenvalue weighted by molar-refractivity contribution is 5.83. The first-order valence-corrected chi connectivity index (χ1v) is 6.01. The molecule has 0 unspecified atom stereocenters. The van der Waals surface area contributed by atoms with Gasteiger partial charge in [0.1, 0.15) is 5.82 Å². The Bertz CT molecular complexity index is 812. The number of fused-ring (bicyclic) bond motifs is 1. The van der Waals surface area contributed by atoms with Gasteiger partial charge in [-0.1, -0.05) is 0 Å². The summed E-state index contributed by atoms with van der Waals surface area (Å²) in [6, 6.07) is 6.66. The highest BCUT2D eigenvalue weighted by Crippen LogP contribution is 2.31. The lowest BCUT2D eigenvalue weighted by Crippen LogP contribution is -2.05. The van der Waals surface area contributed by atoms with Crippen LogP contribution < -0.4 is 0 Å². The molecule has 6 heteroatoms. The number of hydrogen-bond donors (Lipinski definition) is 0. The minimum Gasteiger partial charge on any atom is -0.263 e. The van der Waals surface area contributed by atoms with Crippen LogP contribution in [0.4, 0.5) is 17.6 Å². The maximum atomic E-state index is 13.2. The molecule has 2 aromatic heterocycles. The van der Waals surface area contributed by atoms with Crippen molar-refractivity contribution in [2.45, 2.75) is 6.18 Å². The van der Waals surface area contributed by atoms with E-state index in [-0.39, 0.29) is 5.56 Å². The molecule has 3 rings (SSSR count). The third kappa shape index (κ3) is 2.69. The van der Waals surface area contributed by atoms with Crippen molar-refractivity contribution in [1.82, 2.24) is 9.97 Å². The van der Waals surface area contributed by atoms with Gasteiger partial charge in [-0.25, -0.2) is 4.39 Å². The third-order valence-corrected chi connectivity index (χ3v) is 3.04. The molecule has 0 atom stereocenters. The van der Waals surface area contributed by atoms with Crippen LogP contribution in [0.25, 0.3) is 22.0 Å². The maximum Gasteiger partial charge on any atom is 0.417 e. The van der Waals surface area contributed by atoms with Crippen molar-refractivity contribution in [3.63, 3.8) is 0 Å². The van der Waals surface area contributed by atoms with Gasteiger partial charge in [0.15, 0.2) is 0 Å². The van der Waals surface area contributed by atoms with E-state index in [2.05, 4.69) is 9.97 Å². The molecule has 21 heavy (non-hydrogen) atoms. The summed E-state index contributed by atoms with van der Waals surface area (Å²) in [5, 5.41) is 0.518. The Balaban J connectivity index is 2.12. The first-order valence-electron chi connectivity index (χ1n) is 6.01. The standard InChI is InChI=1S/C15H8F4N2/c16-13-1-2-14-9(5-13)3-10(7-21-14)11-4-12(8-20-6-11)15(17,18)19/h1-8H. The van der Waals surface area contributed by atoms with E-state index in [1.54, 1.807) is 6.07 Å². The van der Waals surface area contributed by atoms with Gasteiger partial charge >= 0.3 is 6.18 Å².